The van der Waals surface area contributed by atoms with Crippen molar-refractivity contribution in [1.82, 2.24) is 29.3 Å². The lowest BCUT2D eigenvalue weighted by Crippen LogP contribution is -2.03. The van der Waals surface area contributed by atoms with Gasteiger partial charge >= 0.3 is 0 Å². The van der Waals surface area contributed by atoms with Gasteiger partial charge in [0.1, 0.15) is 5.69 Å². The first-order valence-electron chi connectivity index (χ1n) is 7.92. The van der Waals surface area contributed by atoms with Gasteiger partial charge in [0.2, 0.25) is 0 Å². The molecular weight excluding hydrogens is 300 g/mol. The second-order valence-corrected chi connectivity index (χ2v) is 5.70. The van der Waals surface area contributed by atoms with Crippen LogP contribution in [-0.4, -0.2) is 29.3 Å². The van der Waals surface area contributed by atoms with E-state index in [1.165, 1.54) is 5.56 Å². The molecule has 0 radical (unpaired) electrons. The maximum Gasteiger partial charge on any atom is 0.160 e. The lowest BCUT2D eigenvalue weighted by Gasteiger charge is -2.06. The fraction of sp³-hybridized carbons (Fsp3) is 0.167. The van der Waals surface area contributed by atoms with Gasteiger partial charge in [0.25, 0.3) is 0 Å². The third-order valence-corrected chi connectivity index (χ3v) is 4.06. The van der Waals surface area contributed by atoms with Crippen LogP contribution < -0.4 is 0 Å². The molecule has 0 saturated carbocycles. The van der Waals surface area contributed by atoms with E-state index in [0.717, 1.165) is 35.9 Å². The fourth-order valence-electron chi connectivity index (χ4n) is 2.75. The van der Waals surface area contributed by atoms with Crippen LogP contribution >= 0.6 is 0 Å². The molecule has 0 atom stereocenters. The SMILES string of the molecule is Cc1[nH]cnc1-c1nccn1CCc1cnn(-c2ccccc2)c1. The van der Waals surface area contributed by atoms with E-state index in [-0.39, 0.29) is 0 Å². The Morgan fingerprint density at radius 1 is 1.12 bits per heavy atom. The van der Waals surface area contributed by atoms with Crippen LogP contribution in [0.5, 0.6) is 0 Å². The average Bonchev–Trinajstić information content (AvgIpc) is 3.34. The first-order chi connectivity index (χ1) is 11.8. The number of benzene rings is 1. The minimum absolute atomic E-state index is 0.835. The van der Waals surface area contributed by atoms with E-state index in [1.54, 1.807) is 6.33 Å². The molecule has 0 bridgehead atoms. The number of aromatic nitrogens is 6. The van der Waals surface area contributed by atoms with Crippen molar-refractivity contribution in [1.29, 1.82) is 0 Å². The molecule has 1 N–H and O–H groups in total. The van der Waals surface area contributed by atoms with E-state index < -0.39 is 0 Å². The molecule has 0 fully saturated rings. The Hall–Kier alpha value is -3.15. The van der Waals surface area contributed by atoms with Crippen LogP contribution in [0.2, 0.25) is 0 Å². The molecule has 1 aromatic carbocycles. The van der Waals surface area contributed by atoms with Crippen molar-refractivity contribution < 1.29 is 0 Å². The van der Waals surface area contributed by atoms with Gasteiger partial charge in [0.15, 0.2) is 5.82 Å². The number of nitrogens with zero attached hydrogens (tertiary/aromatic N) is 5. The lowest BCUT2D eigenvalue weighted by atomic mass is 10.2. The van der Waals surface area contributed by atoms with Gasteiger partial charge < -0.3 is 9.55 Å². The monoisotopic (exact) mass is 318 g/mol. The number of imidazole rings is 2. The van der Waals surface area contributed by atoms with Crippen LogP contribution in [0.3, 0.4) is 0 Å². The molecule has 0 aliphatic heterocycles. The predicted octanol–water partition coefficient (Wildman–Crippen LogP) is 3.01. The highest BCUT2D eigenvalue weighted by Gasteiger charge is 2.11. The largest absolute Gasteiger partial charge is 0.348 e. The number of para-hydroxylation sites is 1. The Balaban J connectivity index is 1.50. The van der Waals surface area contributed by atoms with Gasteiger partial charge in [0.05, 0.1) is 18.2 Å². The van der Waals surface area contributed by atoms with Crippen molar-refractivity contribution in [2.75, 3.05) is 0 Å². The molecule has 24 heavy (non-hydrogen) atoms. The Morgan fingerprint density at radius 2 is 2.00 bits per heavy atom. The topological polar surface area (TPSA) is 64.3 Å². The van der Waals surface area contributed by atoms with Gasteiger partial charge in [-0.2, -0.15) is 5.10 Å². The number of aromatic amines is 1. The zero-order valence-electron chi connectivity index (χ0n) is 13.4. The summed E-state index contributed by atoms with van der Waals surface area (Å²) < 4.78 is 4.03. The molecule has 120 valence electrons. The Labute approximate surface area is 139 Å². The Kier molecular flexibility index (Phi) is 3.70. The second kappa shape index (κ2) is 6.16. The molecule has 4 rings (SSSR count). The summed E-state index contributed by atoms with van der Waals surface area (Å²) >= 11 is 0. The number of aryl methyl sites for hydroxylation is 3. The highest BCUT2D eigenvalue weighted by Crippen LogP contribution is 2.18. The summed E-state index contributed by atoms with van der Waals surface area (Å²) in [7, 11) is 0. The summed E-state index contributed by atoms with van der Waals surface area (Å²) in [6.45, 7) is 2.84. The quantitative estimate of drug-likeness (QED) is 0.615. The lowest BCUT2D eigenvalue weighted by molar-refractivity contribution is 0.701. The number of nitrogens with one attached hydrogen (secondary N) is 1. The maximum absolute atomic E-state index is 4.45. The first kappa shape index (κ1) is 14.4. The van der Waals surface area contributed by atoms with E-state index in [9.17, 15) is 0 Å². The third-order valence-electron chi connectivity index (χ3n) is 4.06. The van der Waals surface area contributed by atoms with Gasteiger partial charge in [-0.1, -0.05) is 18.2 Å². The molecule has 3 aromatic heterocycles. The molecule has 6 nitrogen and oxygen atoms in total. The van der Waals surface area contributed by atoms with Crippen molar-refractivity contribution >= 4 is 0 Å². The molecule has 0 saturated heterocycles. The van der Waals surface area contributed by atoms with Crippen LogP contribution in [0.25, 0.3) is 17.2 Å². The molecule has 0 amide bonds. The molecule has 0 unspecified atom stereocenters. The van der Waals surface area contributed by atoms with Gasteiger partial charge in [-0.3, -0.25) is 0 Å². The van der Waals surface area contributed by atoms with Gasteiger partial charge in [-0.15, -0.1) is 0 Å². The zero-order valence-corrected chi connectivity index (χ0v) is 13.4. The summed E-state index contributed by atoms with van der Waals surface area (Å²) in [5.74, 6) is 0.893. The molecule has 4 aromatic rings. The maximum atomic E-state index is 4.45. The first-order valence-corrected chi connectivity index (χ1v) is 7.92. The molecule has 0 aliphatic rings. The highest BCUT2D eigenvalue weighted by molar-refractivity contribution is 5.52. The van der Waals surface area contributed by atoms with E-state index >= 15 is 0 Å². The smallest absolute Gasteiger partial charge is 0.160 e. The fourth-order valence-corrected chi connectivity index (χ4v) is 2.75. The van der Waals surface area contributed by atoms with Crippen molar-refractivity contribution in [3.05, 3.63) is 72.7 Å². The van der Waals surface area contributed by atoms with E-state index in [1.807, 2.05) is 60.5 Å². The second-order valence-electron chi connectivity index (χ2n) is 5.70. The third kappa shape index (κ3) is 2.74. The summed E-state index contributed by atoms with van der Waals surface area (Å²) in [4.78, 5) is 11.9. The van der Waals surface area contributed by atoms with E-state index in [2.05, 4.69) is 30.8 Å². The number of H-pyrrole nitrogens is 1. The Bertz CT molecular complexity index is 931. The van der Waals surface area contributed by atoms with Crippen molar-refractivity contribution in [2.45, 2.75) is 19.9 Å². The van der Waals surface area contributed by atoms with Crippen molar-refractivity contribution in [2.24, 2.45) is 0 Å². The standard InChI is InChI=1S/C18H18N6/c1-14-17(21-13-20-14)18-19-8-10-23(18)9-7-15-11-22-24(12-15)16-5-3-2-4-6-16/h2-6,8,10-13H,7,9H2,1H3,(H,20,21). The van der Waals surface area contributed by atoms with Gasteiger partial charge in [0, 0.05) is 30.8 Å². The molecular formula is C18H18N6. The van der Waals surface area contributed by atoms with Crippen molar-refractivity contribution in [3.8, 4) is 17.2 Å². The molecule has 0 spiro atoms. The van der Waals surface area contributed by atoms with Crippen LogP contribution in [0, 0.1) is 6.92 Å². The number of hydrogen-bond acceptors (Lipinski definition) is 3. The summed E-state index contributed by atoms with van der Waals surface area (Å²) in [6.07, 6.45) is 10.4. The van der Waals surface area contributed by atoms with E-state index in [4.69, 9.17) is 0 Å². The van der Waals surface area contributed by atoms with Crippen LogP contribution in [-0.2, 0) is 13.0 Å². The zero-order chi connectivity index (χ0) is 16.4. The minimum atomic E-state index is 0.835. The molecule has 6 heteroatoms. The predicted molar refractivity (Wildman–Crippen MR) is 91.8 cm³/mol. The number of rotatable bonds is 5. The van der Waals surface area contributed by atoms with E-state index in [0.29, 0.717) is 0 Å². The normalized spacial score (nSPS) is 11.0. The van der Waals surface area contributed by atoms with Crippen LogP contribution in [0.1, 0.15) is 11.3 Å². The van der Waals surface area contributed by atoms with Crippen LogP contribution in [0.4, 0.5) is 0 Å². The van der Waals surface area contributed by atoms with Crippen molar-refractivity contribution in [3.63, 3.8) is 0 Å². The molecule has 3 heterocycles. The average molecular weight is 318 g/mol. The van der Waals surface area contributed by atoms with Gasteiger partial charge in [-0.05, 0) is 31.0 Å². The summed E-state index contributed by atoms with van der Waals surface area (Å²) in [5, 5.41) is 4.45. The minimum Gasteiger partial charge on any atom is -0.348 e. The summed E-state index contributed by atoms with van der Waals surface area (Å²) in [6, 6.07) is 10.1. The Morgan fingerprint density at radius 3 is 2.79 bits per heavy atom. The number of hydrogen-bond donors (Lipinski definition) is 1. The summed E-state index contributed by atoms with van der Waals surface area (Å²) in [5.41, 5.74) is 4.19. The molecule has 0 aliphatic carbocycles. The van der Waals surface area contributed by atoms with Crippen LogP contribution in [0.15, 0.2) is 61.4 Å². The highest BCUT2D eigenvalue weighted by atomic mass is 15.3. The van der Waals surface area contributed by atoms with Gasteiger partial charge in [-0.25, -0.2) is 14.6 Å².